The topological polar surface area (TPSA) is 9.23 Å². The molecular weight excluding hydrogens is 215 g/mol. The van der Waals surface area contributed by atoms with Crippen molar-refractivity contribution in [1.29, 1.82) is 0 Å². The van der Waals surface area contributed by atoms with Crippen molar-refractivity contribution in [2.24, 2.45) is 0 Å². The molecule has 0 aliphatic heterocycles. The predicted octanol–water partition coefficient (Wildman–Crippen LogP) is 4.06. The van der Waals surface area contributed by atoms with Crippen molar-refractivity contribution in [3.63, 3.8) is 0 Å². The number of hydrogen-bond donors (Lipinski definition) is 0. The number of aryl methyl sites for hydroxylation is 1. The van der Waals surface area contributed by atoms with E-state index in [-0.39, 0.29) is 5.82 Å². The van der Waals surface area contributed by atoms with Crippen molar-refractivity contribution >= 4 is 0 Å². The van der Waals surface area contributed by atoms with Gasteiger partial charge < -0.3 is 4.74 Å². The number of halogens is 1. The number of ether oxygens (including phenoxy) is 1. The van der Waals surface area contributed by atoms with Gasteiger partial charge in [0.1, 0.15) is 11.6 Å². The first kappa shape index (κ1) is 11.6. The van der Waals surface area contributed by atoms with Gasteiger partial charge in [-0.15, -0.1) is 0 Å². The van der Waals surface area contributed by atoms with Crippen LogP contribution in [0.3, 0.4) is 0 Å². The molecule has 0 amide bonds. The molecule has 2 aromatic carbocycles. The zero-order valence-electron chi connectivity index (χ0n) is 10.0. The predicted molar refractivity (Wildman–Crippen MR) is 67.8 cm³/mol. The fraction of sp³-hybridized carbons (Fsp3) is 0.200. The van der Waals surface area contributed by atoms with Crippen LogP contribution >= 0.6 is 0 Å². The maximum Gasteiger partial charge on any atom is 0.127 e. The molecular formula is C15H15FO. The fourth-order valence-corrected chi connectivity index (χ4v) is 1.80. The highest BCUT2D eigenvalue weighted by Crippen LogP contribution is 2.24. The average Bonchev–Trinajstić information content (AvgIpc) is 2.39. The number of hydrogen-bond acceptors (Lipinski definition) is 1. The molecule has 17 heavy (non-hydrogen) atoms. The van der Waals surface area contributed by atoms with Gasteiger partial charge >= 0.3 is 0 Å². The third kappa shape index (κ3) is 2.47. The van der Waals surface area contributed by atoms with Gasteiger partial charge in [-0.1, -0.05) is 31.2 Å². The summed E-state index contributed by atoms with van der Waals surface area (Å²) in [5.41, 5.74) is 2.64. The standard InChI is InChI=1S/C15H15FO/c1-3-11-4-5-13(10-15(11)16)12-6-8-14(17-2)9-7-12/h4-10H,3H2,1-2H3. The second-order valence-electron chi connectivity index (χ2n) is 3.89. The van der Waals surface area contributed by atoms with E-state index in [1.54, 1.807) is 13.2 Å². The number of methoxy groups -OCH3 is 1. The van der Waals surface area contributed by atoms with E-state index in [4.69, 9.17) is 4.74 Å². The largest absolute Gasteiger partial charge is 0.497 e. The highest BCUT2D eigenvalue weighted by Gasteiger charge is 2.03. The van der Waals surface area contributed by atoms with Crippen molar-refractivity contribution in [1.82, 2.24) is 0 Å². The van der Waals surface area contributed by atoms with Crippen LogP contribution in [0.15, 0.2) is 42.5 Å². The van der Waals surface area contributed by atoms with E-state index < -0.39 is 0 Å². The Morgan fingerprint density at radius 2 is 1.65 bits per heavy atom. The van der Waals surface area contributed by atoms with Crippen LogP contribution in [0.2, 0.25) is 0 Å². The molecule has 0 aliphatic rings. The molecule has 2 rings (SSSR count). The summed E-state index contributed by atoms with van der Waals surface area (Å²) in [6.07, 6.45) is 0.717. The van der Waals surface area contributed by atoms with Crippen molar-refractivity contribution in [3.05, 3.63) is 53.8 Å². The van der Waals surface area contributed by atoms with Crippen LogP contribution in [0.25, 0.3) is 11.1 Å². The number of rotatable bonds is 3. The average molecular weight is 230 g/mol. The summed E-state index contributed by atoms with van der Waals surface area (Å²) in [4.78, 5) is 0. The zero-order valence-corrected chi connectivity index (χ0v) is 10.0. The summed E-state index contributed by atoms with van der Waals surface area (Å²) in [5, 5.41) is 0. The molecule has 0 spiro atoms. The van der Waals surface area contributed by atoms with E-state index in [1.165, 1.54) is 0 Å². The van der Waals surface area contributed by atoms with Gasteiger partial charge in [-0.25, -0.2) is 4.39 Å². The lowest BCUT2D eigenvalue weighted by atomic mass is 10.0. The second kappa shape index (κ2) is 5.00. The van der Waals surface area contributed by atoms with E-state index in [2.05, 4.69) is 0 Å². The molecule has 0 bridgehead atoms. The first-order valence-electron chi connectivity index (χ1n) is 5.67. The molecule has 0 saturated carbocycles. The van der Waals surface area contributed by atoms with Gasteiger partial charge in [0.25, 0.3) is 0 Å². The van der Waals surface area contributed by atoms with E-state index in [1.807, 2.05) is 43.3 Å². The lowest BCUT2D eigenvalue weighted by molar-refractivity contribution is 0.415. The van der Waals surface area contributed by atoms with E-state index in [0.717, 1.165) is 22.4 Å². The van der Waals surface area contributed by atoms with E-state index in [9.17, 15) is 4.39 Å². The summed E-state index contributed by atoms with van der Waals surface area (Å²) >= 11 is 0. The van der Waals surface area contributed by atoms with Crippen molar-refractivity contribution in [2.45, 2.75) is 13.3 Å². The zero-order chi connectivity index (χ0) is 12.3. The van der Waals surface area contributed by atoms with Crippen LogP contribution in [0.5, 0.6) is 5.75 Å². The minimum atomic E-state index is -0.138. The first-order chi connectivity index (χ1) is 8.24. The molecule has 0 aromatic heterocycles. The van der Waals surface area contributed by atoms with Crippen LogP contribution in [0, 0.1) is 5.82 Å². The fourth-order valence-electron chi connectivity index (χ4n) is 1.80. The van der Waals surface area contributed by atoms with Gasteiger partial charge in [0, 0.05) is 0 Å². The van der Waals surface area contributed by atoms with Gasteiger partial charge in [0.05, 0.1) is 7.11 Å². The van der Waals surface area contributed by atoms with Gasteiger partial charge in [0.15, 0.2) is 0 Å². The van der Waals surface area contributed by atoms with Crippen LogP contribution in [-0.2, 0) is 6.42 Å². The molecule has 0 heterocycles. The highest BCUT2D eigenvalue weighted by molar-refractivity contribution is 5.64. The Labute approximate surface area is 101 Å². The molecule has 1 nitrogen and oxygen atoms in total. The minimum absolute atomic E-state index is 0.138. The van der Waals surface area contributed by atoms with E-state index in [0.29, 0.717) is 6.42 Å². The Bertz CT molecular complexity index is 503. The summed E-state index contributed by atoms with van der Waals surface area (Å²) < 4.78 is 18.7. The van der Waals surface area contributed by atoms with Gasteiger partial charge in [-0.05, 0) is 41.3 Å². The van der Waals surface area contributed by atoms with Crippen LogP contribution in [0.1, 0.15) is 12.5 Å². The summed E-state index contributed by atoms with van der Waals surface area (Å²) in [7, 11) is 1.63. The summed E-state index contributed by atoms with van der Waals surface area (Å²) in [6, 6.07) is 13.0. The molecule has 0 fully saturated rings. The first-order valence-corrected chi connectivity index (χ1v) is 5.67. The minimum Gasteiger partial charge on any atom is -0.497 e. The quantitative estimate of drug-likeness (QED) is 0.772. The summed E-state index contributed by atoms with van der Waals surface area (Å²) in [5.74, 6) is 0.667. The molecule has 88 valence electrons. The Morgan fingerprint density at radius 1 is 1.00 bits per heavy atom. The van der Waals surface area contributed by atoms with Gasteiger partial charge in [-0.3, -0.25) is 0 Å². The lowest BCUT2D eigenvalue weighted by Gasteiger charge is -2.06. The smallest absolute Gasteiger partial charge is 0.127 e. The Morgan fingerprint density at radius 3 is 2.18 bits per heavy atom. The number of benzene rings is 2. The SMILES string of the molecule is CCc1ccc(-c2ccc(OC)cc2)cc1F. The maximum atomic E-state index is 13.7. The van der Waals surface area contributed by atoms with Crippen molar-refractivity contribution in [2.75, 3.05) is 7.11 Å². The third-order valence-electron chi connectivity index (χ3n) is 2.86. The highest BCUT2D eigenvalue weighted by atomic mass is 19.1. The Hall–Kier alpha value is -1.83. The van der Waals surface area contributed by atoms with Crippen LogP contribution in [0.4, 0.5) is 4.39 Å². The van der Waals surface area contributed by atoms with Crippen LogP contribution < -0.4 is 4.74 Å². The van der Waals surface area contributed by atoms with Crippen molar-refractivity contribution in [3.8, 4) is 16.9 Å². The second-order valence-corrected chi connectivity index (χ2v) is 3.89. The van der Waals surface area contributed by atoms with Gasteiger partial charge in [-0.2, -0.15) is 0 Å². The molecule has 0 N–H and O–H groups in total. The normalized spacial score (nSPS) is 10.3. The van der Waals surface area contributed by atoms with Crippen LogP contribution in [-0.4, -0.2) is 7.11 Å². The van der Waals surface area contributed by atoms with Gasteiger partial charge in [0.2, 0.25) is 0 Å². The Balaban J connectivity index is 2.35. The lowest BCUT2D eigenvalue weighted by Crippen LogP contribution is -1.89. The monoisotopic (exact) mass is 230 g/mol. The maximum absolute atomic E-state index is 13.7. The molecule has 0 atom stereocenters. The molecule has 2 heteroatoms. The summed E-state index contributed by atoms with van der Waals surface area (Å²) in [6.45, 7) is 1.95. The molecule has 0 unspecified atom stereocenters. The Kier molecular flexibility index (Phi) is 3.43. The molecule has 0 aliphatic carbocycles. The van der Waals surface area contributed by atoms with Crippen molar-refractivity contribution < 1.29 is 9.13 Å². The molecule has 2 aromatic rings. The third-order valence-corrected chi connectivity index (χ3v) is 2.86. The molecule has 0 radical (unpaired) electrons. The van der Waals surface area contributed by atoms with E-state index >= 15 is 0 Å². The molecule has 0 saturated heterocycles.